The number of aryl methyl sites for hydroxylation is 1. The molecule has 0 amide bonds. The Hall–Kier alpha value is -2.37. The zero-order chi connectivity index (χ0) is 17.8. The molecule has 0 aliphatic heterocycles. The highest BCUT2D eigenvalue weighted by Gasteiger charge is 2.06. The summed E-state index contributed by atoms with van der Waals surface area (Å²) in [4.78, 5) is 8.77. The highest BCUT2D eigenvalue weighted by atomic mass is 35.5. The van der Waals surface area contributed by atoms with Crippen LogP contribution >= 0.6 is 23.2 Å². The molecule has 0 aliphatic rings. The molecule has 0 radical (unpaired) electrons. The van der Waals surface area contributed by atoms with Crippen LogP contribution in [0.5, 0.6) is 0 Å². The maximum atomic E-state index is 13.3. The van der Waals surface area contributed by atoms with Crippen LogP contribution in [0.1, 0.15) is 11.3 Å². The Labute approximate surface area is 155 Å². The lowest BCUT2D eigenvalue weighted by Gasteiger charge is -2.11. The number of nitrogens with one attached hydrogen (secondary N) is 2. The van der Waals surface area contributed by atoms with E-state index < -0.39 is 5.82 Å². The SMILES string of the molecule is Cc1cc(Nc2ccc(F)c(Cl)c2)nc(NCc2ccccc2Cl)n1. The van der Waals surface area contributed by atoms with Gasteiger partial charge >= 0.3 is 0 Å². The van der Waals surface area contributed by atoms with E-state index in [1.165, 1.54) is 12.1 Å². The topological polar surface area (TPSA) is 49.8 Å². The van der Waals surface area contributed by atoms with Crippen LogP contribution < -0.4 is 10.6 Å². The highest BCUT2D eigenvalue weighted by molar-refractivity contribution is 6.31. The molecule has 0 spiro atoms. The molecule has 0 bridgehead atoms. The minimum Gasteiger partial charge on any atom is -0.350 e. The highest BCUT2D eigenvalue weighted by Crippen LogP contribution is 2.23. The van der Waals surface area contributed by atoms with Crippen molar-refractivity contribution in [3.05, 3.63) is 75.7 Å². The molecule has 4 nitrogen and oxygen atoms in total. The number of rotatable bonds is 5. The molecule has 2 N–H and O–H groups in total. The molecular weight excluding hydrogens is 362 g/mol. The van der Waals surface area contributed by atoms with Gasteiger partial charge in [0.2, 0.25) is 5.95 Å². The van der Waals surface area contributed by atoms with Gasteiger partial charge in [0.05, 0.1) is 5.02 Å². The molecule has 1 aromatic heterocycles. The van der Waals surface area contributed by atoms with Crippen molar-refractivity contribution < 1.29 is 4.39 Å². The van der Waals surface area contributed by atoms with E-state index in [-0.39, 0.29) is 5.02 Å². The summed E-state index contributed by atoms with van der Waals surface area (Å²) in [6, 6.07) is 13.8. The number of nitrogens with zero attached hydrogens (tertiary/aromatic N) is 2. The molecule has 128 valence electrons. The average molecular weight is 377 g/mol. The first-order valence-corrected chi connectivity index (χ1v) is 8.32. The van der Waals surface area contributed by atoms with Crippen LogP contribution in [0, 0.1) is 12.7 Å². The summed E-state index contributed by atoms with van der Waals surface area (Å²) < 4.78 is 13.3. The van der Waals surface area contributed by atoms with E-state index in [1.807, 2.05) is 31.2 Å². The minimum absolute atomic E-state index is 0.0489. The van der Waals surface area contributed by atoms with Gasteiger partial charge in [0.15, 0.2) is 0 Å². The van der Waals surface area contributed by atoms with Crippen LogP contribution in [-0.4, -0.2) is 9.97 Å². The first kappa shape index (κ1) is 17.5. The van der Waals surface area contributed by atoms with Crippen molar-refractivity contribution in [3.8, 4) is 0 Å². The van der Waals surface area contributed by atoms with Crippen molar-refractivity contribution in [2.45, 2.75) is 13.5 Å². The van der Waals surface area contributed by atoms with E-state index >= 15 is 0 Å². The summed E-state index contributed by atoms with van der Waals surface area (Å²) in [5, 5.41) is 6.98. The predicted molar refractivity (Wildman–Crippen MR) is 100 cm³/mol. The van der Waals surface area contributed by atoms with Crippen LogP contribution in [0.25, 0.3) is 0 Å². The Balaban J connectivity index is 1.76. The second-order valence-corrected chi connectivity index (χ2v) is 6.23. The number of benzene rings is 2. The lowest BCUT2D eigenvalue weighted by atomic mass is 10.2. The number of hydrogen-bond acceptors (Lipinski definition) is 4. The molecule has 2 aromatic carbocycles. The third-order valence-electron chi connectivity index (χ3n) is 3.44. The fourth-order valence-corrected chi connectivity index (χ4v) is 2.63. The van der Waals surface area contributed by atoms with Crippen LogP contribution in [0.15, 0.2) is 48.5 Å². The molecule has 0 fully saturated rings. The summed E-state index contributed by atoms with van der Waals surface area (Å²) in [7, 11) is 0. The van der Waals surface area contributed by atoms with Gasteiger partial charge in [-0.3, -0.25) is 0 Å². The Morgan fingerprint density at radius 3 is 2.56 bits per heavy atom. The van der Waals surface area contributed by atoms with Gasteiger partial charge in [-0.2, -0.15) is 4.98 Å². The molecule has 3 rings (SSSR count). The third-order valence-corrected chi connectivity index (χ3v) is 4.10. The Kier molecular flexibility index (Phi) is 5.36. The first-order chi connectivity index (χ1) is 12.0. The smallest absolute Gasteiger partial charge is 0.225 e. The van der Waals surface area contributed by atoms with Gasteiger partial charge in [-0.1, -0.05) is 41.4 Å². The molecule has 0 saturated carbocycles. The van der Waals surface area contributed by atoms with Crippen molar-refractivity contribution in [3.63, 3.8) is 0 Å². The summed E-state index contributed by atoms with van der Waals surface area (Å²) in [5.74, 6) is 0.584. The first-order valence-electron chi connectivity index (χ1n) is 7.56. The zero-order valence-corrected chi connectivity index (χ0v) is 14.9. The van der Waals surface area contributed by atoms with E-state index in [4.69, 9.17) is 23.2 Å². The van der Waals surface area contributed by atoms with Gasteiger partial charge in [-0.05, 0) is 36.8 Å². The Morgan fingerprint density at radius 1 is 1.00 bits per heavy atom. The Bertz CT molecular complexity index is 902. The number of aromatic nitrogens is 2. The molecule has 25 heavy (non-hydrogen) atoms. The van der Waals surface area contributed by atoms with E-state index in [9.17, 15) is 4.39 Å². The van der Waals surface area contributed by atoms with Gasteiger partial charge in [0.25, 0.3) is 0 Å². The summed E-state index contributed by atoms with van der Waals surface area (Å²) in [5.41, 5.74) is 2.38. The normalized spacial score (nSPS) is 10.6. The average Bonchev–Trinajstić information content (AvgIpc) is 2.57. The predicted octanol–water partition coefficient (Wildman–Crippen LogP) is 5.59. The van der Waals surface area contributed by atoms with E-state index in [2.05, 4.69) is 20.6 Å². The van der Waals surface area contributed by atoms with Crippen molar-refractivity contribution in [2.24, 2.45) is 0 Å². The molecule has 7 heteroatoms. The molecule has 0 aliphatic carbocycles. The maximum absolute atomic E-state index is 13.3. The molecule has 0 saturated heterocycles. The number of anilines is 3. The molecular formula is C18H15Cl2FN4. The van der Waals surface area contributed by atoms with E-state index in [0.717, 1.165) is 11.3 Å². The number of halogens is 3. The van der Waals surface area contributed by atoms with Gasteiger partial charge in [0.1, 0.15) is 11.6 Å². The maximum Gasteiger partial charge on any atom is 0.225 e. The van der Waals surface area contributed by atoms with Crippen LogP contribution in [-0.2, 0) is 6.54 Å². The summed E-state index contributed by atoms with van der Waals surface area (Å²) in [6.07, 6.45) is 0. The second kappa shape index (κ2) is 7.68. The fraction of sp³-hybridized carbons (Fsp3) is 0.111. The number of hydrogen-bond donors (Lipinski definition) is 2. The van der Waals surface area contributed by atoms with Gasteiger partial charge in [-0.25, -0.2) is 9.37 Å². The minimum atomic E-state index is -0.465. The van der Waals surface area contributed by atoms with Gasteiger partial charge in [0, 0.05) is 29.0 Å². The molecule has 0 atom stereocenters. The second-order valence-electron chi connectivity index (χ2n) is 5.42. The summed E-state index contributed by atoms with van der Waals surface area (Å²) >= 11 is 12.0. The fourth-order valence-electron chi connectivity index (χ4n) is 2.25. The molecule has 1 heterocycles. The van der Waals surface area contributed by atoms with Crippen LogP contribution in [0.2, 0.25) is 10.0 Å². The quantitative estimate of drug-likeness (QED) is 0.609. The standard InChI is InChI=1S/C18H15Cl2FN4/c1-11-8-17(24-13-6-7-16(21)15(20)9-13)25-18(23-11)22-10-12-4-2-3-5-14(12)19/h2-9H,10H2,1H3,(H2,22,23,24,25). The zero-order valence-electron chi connectivity index (χ0n) is 13.4. The lowest BCUT2D eigenvalue weighted by molar-refractivity contribution is 0.628. The van der Waals surface area contributed by atoms with Gasteiger partial charge < -0.3 is 10.6 Å². The lowest BCUT2D eigenvalue weighted by Crippen LogP contribution is -2.06. The van der Waals surface area contributed by atoms with Crippen LogP contribution in [0.4, 0.5) is 21.8 Å². The van der Waals surface area contributed by atoms with Crippen molar-refractivity contribution >= 4 is 40.7 Å². The monoisotopic (exact) mass is 376 g/mol. The van der Waals surface area contributed by atoms with Crippen molar-refractivity contribution in [1.82, 2.24) is 9.97 Å². The van der Waals surface area contributed by atoms with Gasteiger partial charge in [-0.15, -0.1) is 0 Å². The summed E-state index contributed by atoms with van der Waals surface area (Å²) in [6.45, 7) is 2.37. The van der Waals surface area contributed by atoms with Crippen molar-refractivity contribution in [2.75, 3.05) is 10.6 Å². The Morgan fingerprint density at radius 2 is 1.80 bits per heavy atom. The largest absolute Gasteiger partial charge is 0.350 e. The van der Waals surface area contributed by atoms with Crippen molar-refractivity contribution in [1.29, 1.82) is 0 Å². The molecule has 3 aromatic rings. The van der Waals surface area contributed by atoms with E-state index in [1.54, 1.807) is 12.1 Å². The third kappa shape index (κ3) is 4.59. The van der Waals surface area contributed by atoms with Crippen LogP contribution in [0.3, 0.4) is 0 Å². The molecule has 0 unspecified atom stereocenters. The van der Waals surface area contributed by atoms with E-state index in [0.29, 0.717) is 29.0 Å².